The Morgan fingerprint density at radius 1 is 1.21 bits per heavy atom. The molecule has 1 fully saturated rings. The second-order valence-electron chi connectivity index (χ2n) is 6.22. The van der Waals surface area contributed by atoms with Crippen LogP contribution in [0.15, 0.2) is 28.8 Å². The molecule has 2 aromatic heterocycles. The van der Waals surface area contributed by atoms with E-state index in [0.29, 0.717) is 16.8 Å². The van der Waals surface area contributed by atoms with Gasteiger partial charge in [0, 0.05) is 30.5 Å². The Hall–Kier alpha value is -2.05. The summed E-state index contributed by atoms with van der Waals surface area (Å²) in [6.45, 7) is 5.53. The van der Waals surface area contributed by atoms with Crippen molar-refractivity contribution in [3.63, 3.8) is 0 Å². The zero-order valence-electron chi connectivity index (χ0n) is 13.6. The topological polar surface area (TPSA) is 60.2 Å². The van der Waals surface area contributed by atoms with Gasteiger partial charge < -0.3 is 15.2 Å². The van der Waals surface area contributed by atoms with Crippen LogP contribution >= 0.6 is 12.4 Å². The molecule has 1 atom stereocenters. The number of fused-ring (bicyclic) bond motifs is 1. The molecule has 0 amide bonds. The molecule has 7 heteroatoms. The molecule has 128 valence electrons. The number of anilines is 1. The van der Waals surface area contributed by atoms with Gasteiger partial charge in [-0.2, -0.15) is 0 Å². The first-order valence-electron chi connectivity index (χ1n) is 7.80. The number of nitrogens with two attached hydrogens (primary N) is 1. The molecular formula is C17H20ClFN4O. The standard InChI is InChI=1S/C17H19FN4O.ClH/c1-10-3-4-11(2)22(10)17-15-13(18)5-6-14(16(15)23-20-17)21-8-7-12(19)9-21;/h3-6,12H,7-9,19H2,1-2H3;1H/t12-;/m1./s1. The molecule has 0 spiro atoms. The minimum atomic E-state index is -0.323. The van der Waals surface area contributed by atoms with E-state index >= 15 is 0 Å². The zero-order valence-corrected chi connectivity index (χ0v) is 14.4. The van der Waals surface area contributed by atoms with Crippen molar-refractivity contribution in [1.82, 2.24) is 9.72 Å². The SMILES string of the molecule is Cc1ccc(C)n1-c1noc2c(N3CC[C@@H](N)C3)ccc(F)c12.Cl. The van der Waals surface area contributed by atoms with E-state index in [2.05, 4.69) is 10.1 Å². The maximum atomic E-state index is 14.5. The third kappa shape index (κ3) is 2.46. The summed E-state index contributed by atoms with van der Waals surface area (Å²) < 4.78 is 22.0. The summed E-state index contributed by atoms with van der Waals surface area (Å²) >= 11 is 0. The first-order chi connectivity index (χ1) is 11.1. The third-order valence-corrected chi connectivity index (χ3v) is 4.58. The van der Waals surface area contributed by atoms with E-state index < -0.39 is 0 Å². The number of halogens is 2. The normalized spacial score (nSPS) is 17.5. The van der Waals surface area contributed by atoms with E-state index in [1.807, 2.05) is 30.5 Å². The highest BCUT2D eigenvalue weighted by Crippen LogP contribution is 2.35. The Bertz CT molecular complexity index is 869. The second-order valence-corrected chi connectivity index (χ2v) is 6.22. The Labute approximate surface area is 145 Å². The lowest BCUT2D eigenvalue weighted by Gasteiger charge is -2.17. The highest BCUT2D eigenvalue weighted by atomic mass is 35.5. The Balaban J connectivity index is 0.00000169. The van der Waals surface area contributed by atoms with Gasteiger partial charge in [0.2, 0.25) is 0 Å². The van der Waals surface area contributed by atoms with Crippen LogP contribution in [0.2, 0.25) is 0 Å². The molecule has 2 N–H and O–H groups in total. The van der Waals surface area contributed by atoms with Crippen LogP contribution in [0.25, 0.3) is 16.8 Å². The lowest BCUT2D eigenvalue weighted by atomic mass is 10.2. The summed E-state index contributed by atoms with van der Waals surface area (Å²) in [5.41, 5.74) is 9.32. The van der Waals surface area contributed by atoms with E-state index in [4.69, 9.17) is 10.3 Å². The summed E-state index contributed by atoms with van der Waals surface area (Å²) in [6.07, 6.45) is 0.926. The smallest absolute Gasteiger partial charge is 0.195 e. The maximum Gasteiger partial charge on any atom is 0.195 e. The zero-order chi connectivity index (χ0) is 16.1. The average molecular weight is 351 g/mol. The fraction of sp³-hybridized carbons (Fsp3) is 0.353. The van der Waals surface area contributed by atoms with Crippen molar-refractivity contribution in [2.45, 2.75) is 26.3 Å². The fourth-order valence-corrected chi connectivity index (χ4v) is 3.39. The molecule has 3 heterocycles. The van der Waals surface area contributed by atoms with Gasteiger partial charge in [-0.3, -0.25) is 4.57 Å². The summed E-state index contributed by atoms with van der Waals surface area (Å²) in [6, 6.07) is 7.34. The number of nitrogens with zero attached hydrogens (tertiary/aromatic N) is 3. The van der Waals surface area contributed by atoms with Crippen molar-refractivity contribution in [3.05, 3.63) is 41.5 Å². The van der Waals surface area contributed by atoms with E-state index in [-0.39, 0.29) is 24.3 Å². The van der Waals surface area contributed by atoms with Gasteiger partial charge >= 0.3 is 0 Å². The van der Waals surface area contributed by atoms with Gasteiger partial charge in [-0.05, 0) is 44.5 Å². The summed E-state index contributed by atoms with van der Waals surface area (Å²) in [4.78, 5) is 2.14. The van der Waals surface area contributed by atoms with Crippen molar-refractivity contribution in [3.8, 4) is 5.82 Å². The molecule has 1 aliphatic rings. The number of aromatic nitrogens is 2. The molecule has 24 heavy (non-hydrogen) atoms. The van der Waals surface area contributed by atoms with Crippen molar-refractivity contribution < 1.29 is 8.91 Å². The number of aryl methyl sites for hydroxylation is 2. The van der Waals surface area contributed by atoms with Crippen molar-refractivity contribution >= 4 is 29.1 Å². The van der Waals surface area contributed by atoms with Crippen LogP contribution < -0.4 is 10.6 Å². The van der Waals surface area contributed by atoms with Gasteiger partial charge in [-0.15, -0.1) is 12.4 Å². The minimum absolute atomic E-state index is 0. The third-order valence-electron chi connectivity index (χ3n) is 4.58. The molecule has 1 saturated heterocycles. The molecule has 0 bridgehead atoms. The van der Waals surface area contributed by atoms with Crippen molar-refractivity contribution in [1.29, 1.82) is 0 Å². The molecule has 0 radical (unpaired) electrons. The number of benzene rings is 1. The van der Waals surface area contributed by atoms with Crippen LogP contribution in [0.3, 0.4) is 0 Å². The Morgan fingerprint density at radius 2 is 1.92 bits per heavy atom. The molecule has 0 saturated carbocycles. The number of hydrogen-bond donors (Lipinski definition) is 1. The van der Waals surface area contributed by atoms with E-state index in [1.165, 1.54) is 6.07 Å². The van der Waals surface area contributed by atoms with Crippen molar-refractivity contribution in [2.24, 2.45) is 5.73 Å². The Morgan fingerprint density at radius 3 is 2.54 bits per heavy atom. The highest BCUT2D eigenvalue weighted by Gasteiger charge is 2.26. The van der Waals surface area contributed by atoms with Crippen LogP contribution in [0, 0.1) is 19.7 Å². The predicted octanol–water partition coefficient (Wildman–Crippen LogP) is 3.33. The quantitative estimate of drug-likeness (QED) is 0.770. The molecule has 3 aromatic rings. The lowest BCUT2D eigenvalue weighted by molar-refractivity contribution is 0.451. The van der Waals surface area contributed by atoms with E-state index in [9.17, 15) is 4.39 Å². The van der Waals surface area contributed by atoms with Crippen molar-refractivity contribution in [2.75, 3.05) is 18.0 Å². The van der Waals surface area contributed by atoms with Crippen LogP contribution in [0.1, 0.15) is 17.8 Å². The highest BCUT2D eigenvalue weighted by molar-refractivity contribution is 5.94. The molecule has 0 unspecified atom stereocenters. The molecule has 0 aliphatic carbocycles. The van der Waals surface area contributed by atoms with Gasteiger partial charge in [-0.25, -0.2) is 4.39 Å². The largest absolute Gasteiger partial charge is 0.367 e. The number of rotatable bonds is 2. The van der Waals surface area contributed by atoms with Gasteiger partial charge in [-0.1, -0.05) is 5.16 Å². The number of hydrogen-bond acceptors (Lipinski definition) is 4. The van der Waals surface area contributed by atoms with E-state index in [0.717, 1.165) is 36.6 Å². The fourth-order valence-electron chi connectivity index (χ4n) is 3.39. The molecule has 1 aliphatic heterocycles. The maximum absolute atomic E-state index is 14.5. The first-order valence-corrected chi connectivity index (χ1v) is 7.80. The molecular weight excluding hydrogens is 331 g/mol. The Kier molecular flexibility index (Phi) is 4.27. The summed E-state index contributed by atoms with van der Waals surface area (Å²) in [7, 11) is 0. The van der Waals surface area contributed by atoms with Gasteiger partial charge in [0.1, 0.15) is 11.2 Å². The van der Waals surface area contributed by atoms with Crippen LogP contribution in [-0.4, -0.2) is 28.9 Å². The molecule has 4 rings (SSSR count). The van der Waals surface area contributed by atoms with Gasteiger partial charge in [0.05, 0.1) is 5.69 Å². The second kappa shape index (κ2) is 6.11. The van der Waals surface area contributed by atoms with Gasteiger partial charge in [0.25, 0.3) is 0 Å². The van der Waals surface area contributed by atoms with Crippen LogP contribution in [-0.2, 0) is 0 Å². The monoisotopic (exact) mass is 350 g/mol. The van der Waals surface area contributed by atoms with Crippen LogP contribution in [0.5, 0.6) is 0 Å². The predicted molar refractivity (Wildman–Crippen MR) is 94.8 cm³/mol. The summed E-state index contributed by atoms with van der Waals surface area (Å²) in [5, 5.41) is 4.58. The first kappa shape index (κ1) is 16.8. The minimum Gasteiger partial charge on any atom is -0.367 e. The average Bonchev–Trinajstić information content (AvgIpc) is 3.20. The van der Waals surface area contributed by atoms with E-state index in [1.54, 1.807) is 6.07 Å². The lowest BCUT2D eigenvalue weighted by Crippen LogP contribution is -2.26. The van der Waals surface area contributed by atoms with Gasteiger partial charge in [0.15, 0.2) is 11.4 Å². The molecule has 1 aromatic carbocycles. The van der Waals surface area contributed by atoms with Crippen LogP contribution in [0.4, 0.5) is 10.1 Å². The molecule has 5 nitrogen and oxygen atoms in total. The summed E-state index contributed by atoms with van der Waals surface area (Å²) in [5.74, 6) is 0.179.